The van der Waals surface area contributed by atoms with E-state index >= 15 is 0 Å². The average molecular weight is 378 g/mol. The number of ether oxygens (including phenoxy) is 4. The number of hydrogen-bond acceptors (Lipinski definition) is 9. The molecule has 1 aromatic heterocycles. The lowest BCUT2D eigenvalue weighted by Gasteiger charge is -2.11. The van der Waals surface area contributed by atoms with Crippen LogP contribution in [0.4, 0.5) is 5.69 Å². The van der Waals surface area contributed by atoms with Gasteiger partial charge in [0.2, 0.25) is 11.5 Å². The van der Waals surface area contributed by atoms with Gasteiger partial charge in [0, 0.05) is 18.4 Å². The summed E-state index contributed by atoms with van der Waals surface area (Å²) in [5.41, 5.74) is 5.82. The van der Waals surface area contributed by atoms with Crippen molar-refractivity contribution in [2.24, 2.45) is 0 Å². The standard InChI is InChI=1S/C17H22N4O6/c1-5-26-9-21-19-14(15(20-21)17(23)27-6-2)16(22)10-7-12(24-3)13(25-4)8-11(10)18/h7-8H,5-6,9,18H2,1-4H3. The van der Waals surface area contributed by atoms with Gasteiger partial charge < -0.3 is 24.7 Å². The molecule has 1 heterocycles. The highest BCUT2D eigenvalue weighted by Gasteiger charge is 2.28. The van der Waals surface area contributed by atoms with Gasteiger partial charge in [0.1, 0.15) is 0 Å². The van der Waals surface area contributed by atoms with E-state index in [2.05, 4.69) is 10.2 Å². The molecule has 0 aliphatic carbocycles. The summed E-state index contributed by atoms with van der Waals surface area (Å²) >= 11 is 0. The number of esters is 1. The first-order valence-electron chi connectivity index (χ1n) is 8.22. The largest absolute Gasteiger partial charge is 0.493 e. The number of rotatable bonds is 9. The van der Waals surface area contributed by atoms with E-state index < -0.39 is 11.8 Å². The van der Waals surface area contributed by atoms with Crippen molar-refractivity contribution in [3.63, 3.8) is 0 Å². The van der Waals surface area contributed by atoms with Crippen molar-refractivity contribution in [1.29, 1.82) is 0 Å². The molecule has 0 saturated carbocycles. The van der Waals surface area contributed by atoms with Crippen molar-refractivity contribution in [1.82, 2.24) is 15.0 Å². The number of carbonyl (C=O) groups excluding carboxylic acids is 2. The molecular weight excluding hydrogens is 356 g/mol. The second kappa shape index (κ2) is 8.99. The number of aromatic nitrogens is 3. The fourth-order valence-electron chi connectivity index (χ4n) is 2.29. The maximum absolute atomic E-state index is 13.0. The summed E-state index contributed by atoms with van der Waals surface area (Å²) in [6, 6.07) is 2.88. The zero-order valence-corrected chi connectivity index (χ0v) is 15.6. The van der Waals surface area contributed by atoms with Crippen molar-refractivity contribution in [2.75, 3.05) is 33.2 Å². The van der Waals surface area contributed by atoms with Gasteiger partial charge in [-0.05, 0) is 19.9 Å². The van der Waals surface area contributed by atoms with E-state index in [1.165, 1.54) is 26.4 Å². The van der Waals surface area contributed by atoms with Crippen LogP contribution in [-0.2, 0) is 16.2 Å². The van der Waals surface area contributed by atoms with Crippen LogP contribution < -0.4 is 15.2 Å². The second-order valence-electron chi connectivity index (χ2n) is 5.24. The van der Waals surface area contributed by atoms with Gasteiger partial charge in [-0.2, -0.15) is 4.80 Å². The normalized spacial score (nSPS) is 10.5. The van der Waals surface area contributed by atoms with Crippen LogP contribution in [0.1, 0.15) is 40.4 Å². The number of nitrogen functional groups attached to an aromatic ring is 1. The third-order valence-corrected chi connectivity index (χ3v) is 3.55. The number of benzene rings is 1. The maximum atomic E-state index is 13.0. The Kier molecular flexibility index (Phi) is 6.72. The highest BCUT2D eigenvalue weighted by atomic mass is 16.5. The van der Waals surface area contributed by atoms with E-state index in [4.69, 9.17) is 24.7 Å². The summed E-state index contributed by atoms with van der Waals surface area (Å²) in [6.07, 6.45) is 0. The van der Waals surface area contributed by atoms with E-state index in [1.54, 1.807) is 13.8 Å². The molecule has 0 unspecified atom stereocenters. The smallest absolute Gasteiger partial charge is 0.361 e. The zero-order valence-electron chi connectivity index (χ0n) is 15.6. The summed E-state index contributed by atoms with van der Waals surface area (Å²) in [7, 11) is 2.89. The Hall–Kier alpha value is -3.14. The molecule has 2 rings (SSSR count). The van der Waals surface area contributed by atoms with Gasteiger partial charge in [0.05, 0.1) is 26.4 Å². The summed E-state index contributed by atoms with van der Waals surface area (Å²) in [6.45, 7) is 3.98. The quantitative estimate of drug-likeness (QED) is 0.390. The molecule has 27 heavy (non-hydrogen) atoms. The molecule has 2 N–H and O–H groups in total. The van der Waals surface area contributed by atoms with Gasteiger partial charge in [-0.3, -0.25) is 4.79 Å². The molecule has 10 nitrogen and oxygen atoms in total. The topological polar surface area (TPSA) is 128 Å². The first-order valence-corrected chi connectivity index (χ1v) is 8.22. The van der Waals surface area contributed by atoms with Gasteiger partial charge in [-0.1, -0.05) is 0 Å². The van der Waals surface area contributed by atoms with E-state index in [0.717, 1.165) is 4.80 Å². The van der Waals surface area contributed by atoms with Gasteiger partial charge in [-0.25, -0.2) is 4.79 Å². The Labute approximate surface area is 156 Å². The van der Waals surface area contributed by atoms with Crippen molar-refractivity contribution in [2.45, 2.75) is 20.6 Å². The Morgan fingerprint density at radius 2 is 1.67 bits per heavy atom. The molecule has 0 atom stereocenters. The Morgan fingerprint density at radius 1 is 1.04 bits per heavy atom. The lowest BCUT2D eigenvalue weighted by Crippen LogP contribution is -2.14. The third-order valence-electron chi connectivity index (χ3n) is 3.55. The third kappa shape index (κ3) is 4.34. The highest BCUT2D eigenvalue weighted by Crippen LogP contribution is 2.33. The number of nitrogens with zero attached hydrogens (tertiary/aromatic N) is 3. The molecule has 0 spiro atoms. The predicted octanol–water partition coefficient (Wildman–Crippen LogP) is 1.28. The van der Waals surface area contributed by atoms with E-state index in [1.807, 2.05) is 0 Å². The molecule has 0 fully saturated rings. The van der Waals surface area contributed by atoms with Crippen molar-refractivity contribution < 1.29 is 28.5 Å². The first-order chi connectivity index (χ1) is 13.0. The Bertz CT molecular complexity index is 833. The maximum Gasteiger partial charge on any atom is 0.361 e. The lowest BCUT2D eigenvalue weighted by molar-refractivity contribution is 0.0506. The van der Waals surface area contributed by atoms with Crippen LogP contribution in [0.3, 0.4) is 0 Å². The number of carbonyl (C=O) groups is 2. The van der Waals surface area contributed by atoms with Gasteiger partial charge in [0.25, 0.3) is 0 Å². The summed E-state index contributed by atoms with van der Waals surface area (Å²) in [5.74, 6) is -0.673. The SMILES string of the molecule is CCOCn1nc(C(=O)OCC)c(C(=O)c2cc(OC)c(OC)cc2N)n1. The average Bonchev–Trinajstić information content (AvgIpc) is 3.10. The number of anilines is 1. The molecule has 0 amide bonds. The minimum absolute atomic E-state index is 0.0163. The van der Waals surface area contributed by atoms with E-state index in [-0.39, 0.29) is 36.0 Å². The molecule has 0 aliphatic heterocycles. The highest BCUT2D eigenvalue weighted by molar-refractivity contribution is 6.15. The molecule has 0 aliphatic rings. The molecule has 2 aromatic rings. The number of nitrogens with two attached hydrogens (primary N) is 1. The summed E-state index contributed by atoms with van der Waals surface area (Å²) in [5, 5.41) is 8.08. The fraction of sp³-hybridized carbons (Fsp3) is 0.412. The number of ketones is 1. The van der Waals surface area contributed by atoms with Gasteiger partial charge in [-0.15, -0.1) is 10.2 Å². The van der Waals surface area contributed by atoms with Crippen LogP contribution in [-0.4, -0.2) is 54.2 Å². The summed E-state index contributed by atoms with van der Waals surface area (Å²) in [4.78, 5) is 26.3. The summed E-state index contributed by atoms with van der Waals surface area (Å²) < 4.78 is 20.5. The molecule has 146 valence electrons. The molecular formula is C17H22N4O6. The monoisotopic (exact) mass is 378 g/mol. The van der Waals surface area contributed by atoms with Crippen molar-refractivity contribution in [3.05, 3.63) is 29.1 Å². The van der Waals surface area contributed by atoms with Crippen LogP contribution >= 0.6 is 0 Å². The second-order valence-corrected chi connectivity index (χ2v) is 5.24. The van der Waals surface area contributed by atoms with Crippen LogP contribution in [0.5, 0.6) is 11.5 Å². The fourth-order valence-corrected chi connectivity index (χ4v) is 2.29. The molecule has 1 aromatic carbocycles. The van der Waals surface area contributed by atoms with Crippen LogP contribution in [0, 0.1) is 0 Å². The molecule has 10 heteroatoms. The lowest BCUT2D eigenvalue weighted by atomic mass is 10.0. The first kappa shape index (κ1) is 20.2. The van der Waals surface area contributed by atoms with Crippen LogP contribution in [0.2, 0.25) is 0 Å². The zero-order chi connectivity index (χ0) is 20.0. The predicted molar refractivity (Wildman–Crippen MR) is 95.0 cm³/mol. The van der Waals surface area contributed by atoms with Gasteiger partial charge >= 0.3 is 5.97 Å². The van der Waals surface area contributed by atoms with Crippen molar-refractivity contribution >= 4 is 17.4 Å². The number of hydrogen-bond donors (Lipinski definition) is 1. The minimum Gasteiger partial charge on any atom is -0.493 e. The number of methoxy groups -OCH3 is 2. The Morgan fingerprint density at radius 3 is 2.26 bits per heavy atom. The molecule has 0 radical (unpaired) electrons. The van der Waals surface area contributed by atoms with Crippen LogP contribution in [0.15, 0.2) is 12.1 Å². The van der Waals surface area contributed by atoms with E-state index in [0.29, 0.717) is 18.1 Å². The van der Waals surface area contributed by atoms with Crippen LogP contribution in [0.25, 0.3) is 0 Å². The Balaban J connectivity index is 2.51. The van der Waals surface area contributed by atoms with Crippen molar-refractivity contribution in [3.8, 4) is 11.5 Å². The van der Waals surface area contributed by atoms with Gasteiger partial charge in [0.15, 0.2) is 23.9 Å². The van der Waals surface area contributed by atoms with E-state index in [9.17, 15) is 9.59 Å². The molecule has 0 saturated heterocycles. The molecule has 0 bridgehead atoms. The minimum atomic E-state index is -0.761.